The molecule has 2 fully saturated rings. The first-order valence-corrected chi connectivity index (χ1v) is 8.44. The van der Waals surface area contributed by atoms with E-state index in [0.717, 1.165) is 0 Å². The minimum Gasteiger partial charge on any atom is -0.481 e. The predicted molar refractivity (Wildman–Crippen MR) is 89.4 cm³/mol. The number of hydrogen-bond acceptors (Lipinski definition) is 5. The van der Waals surface area contributed by atoms with Gasteiger partial charge in [-0.05, 0) is 25.0 Å². The van der Waals surface area contributed by atoms with Gasteiger partial charge in [-0.25, -0.2) is 0 Å². The second kappa shape index (κ2) is 7.11. The molecular formula is C17H19N3O6. The maximum absolute atomic E-state index is 12.5. The first-order valence-electron chi connectivity index (χ1n) is 8.44. The Labute approximate surface area is 149 Å². The van der Waals surface area contributed by atoms with Crippen molar-refractivity contribution in [3.8, 4) is 0 Å². The number of piperazine rings is 1. The number of carbonyl (C=O) groups excluding carboxylic acids is 2. The number of rotatable bonds is 4. The number of carboxylic acid groups (broad SMARTS) is 1. The monoisotopic (exact) mass is 361 g/mol. The second-order valence-corrected chi connectivity index (χ2v) is 6.55. The molecule has 1 aliphatic heterocycles. The molecule has 1 aromatic carbocycles. The normalized spacial score (nSPS) is 22.5. The lowest BCUT2D eigenvalue weighted by molar-refractivity contribution is -0.384. The van der Waals surface area contributed by atoms with Gasteiger partial charge in [-0.2, -0.15) is 0 Å². The molecule has 1 aliphatic carbocycles. The van der Waals surface area contributed by atoms with Crippen molar-refractivity contribution < 1.29 is 24.4 Å². The Morgan fingerprint density at radius 2 is 1.50 bits per heavy atom. The fourth-order valence-corrected chi connectivity index (χ4v) is 3.36. The smallest absolute Gasteiger partial charge is 0.307 e. The number of amides is 2. The van der Waals surface area contributed by atoms with Crippen LogP contribution in [0.15, 0.2) is 24.3 Å². The van der Waals surface area contributed by atoms with Crippen molar-refractivity contribution in [1.82, 2.24) is 9.80 Å². The third-order valence-electron chi connectivity index (χ3n) is 5.11. The van der Waals surface area contributed by atoms with Gasteiger partial charge in [0.2, 0.25) is 5.91 Å². The van der Waals surface area contributed by atoms with E-state index >= 15 is 0 Å². The maximum atomic E-state index is 12.5. The third kappa shape index (κ3) is 3.37. The zero-order valence-corrected chi connectivity index (χ0v) is 14.0. The van der Waals surface area contributed by atoms with Crippen LogP contribution in [0, 0.1) is 22.0 Å². The second-order valence-electron chi connectivity index (χ2n) is 6.55. The summed E-state index contributed by atoms with van der Waals surface area (Å²) in [5.41, 5.74) is 0.283. The molecule has 1 saturated carbocycles. The molecule has 2 aliphatic rings. The average Bonchev–Trinajstić information content (AvgIpc) is 2.60. The van der Waals surface area contributed by atoms with Crippen LogP contribution in [0.5, 0.6) is 0 Å². The van der Waals surface area contributed by atoms with Gasteiger partial charge in [-0.3, -0.25) is 24.5 Å². The van der Waals surface area contributed by atoms with Crippen molar-refractivity contribution in [3.05, 3.63) is 39.9 Å². The van der Waals surface area contributed by atoms with E-state index in [1.54, 1.807) is 9.80 Å². The Kier molecular flexibility index (Phi) is 4.88. The largest absolute Gasteiger partial charge is 0.481 e. The fourth-order valence-electron chi connectivity index (χ4n) is 3.36. The first-order chi connectivity index (χ1) is 12.4. The van der Waals surface area contributed by atoms with Gasteiger partial charge in [0.1, 0.15) is 0 Å². The van der Waals surface area contributed by atoms with Crippen LogP contribution < -0.4 is 0 Å². The Hall–Kier alpha value is -2.97. The van der Waals surface area contributed by atoms with Gasteiger partial charge in [0.05, 0.1) is 16.8 Å². The summed E-state index contributed by atoms with van der Waals surface area (Å²) in [4.78, 5) is 49.4. The van der Waals surface area contributed by atoms with E-state index in [2.05, 4.69) is 0 Å². The average molecular weight is 361 g/mol. The summed E-state index contributed by atoms with van der Waals surface area (Å²) in [6, 6.07) is 5.42. The number of benzene rings is 1. The lowest BCUT2D eigenvalue weighted by Gasteiger charge is -2.40. The lowest BCUT2D eigenvalue weighted by Crippen LogP contribution is -2.54. The number of hydrogen-bond donors (Lipinski definition) is 1. The van der Waals surface area contributed by atoms with Crippen molar-refractivity contribution >= 4 is 23.5 Å². The van der Waals surface area contributed by atoms with Crippen LogP contribution in [0.4, 0.5) is 5.69 Å². The van der Waals surface area contributed by atoms with Crippen LogP contribution in [0.3, 0.4) is 0 Å². The summed E-state index contributed by atoms with van der Waals surface area (Å²) in [7, 11) is 0. The summed E-state index contributed by atoms with van der Waals surface area (Å²) in [5.74, 6) is -2.36. The number of non-ortho nitro benzene ring substituents is 1. The summed E-state index contributed by atoms with van der Waals surface area (Å²) in [6.07, 6.45) is 1.13. The highest BCUT2D eigenvalue weighted by Gasteiger charge is 2.43. The third-order valence-corrected chi connectivity index (χ3v) is 5.11. The summed E-state index contributed by atoms with van der Waals surface area (Å²) in [6.45, 7) is 1.43. The maximum Gasteiger partial charge on any atom is 0.307 e. The topological polar surface area (TPSA) is 121 Å². The van der Waals surface area contributed by atoms with Gasteiger partial charge in [0, 0.05) is 43.9 Å². The molecule has 9 heteroatoms. The minimum atomic E-state index is -0.929. The van der Waals surface area contributed by atoms with E-state index in [1.807, 2.05) is 0 Å². The van der Waals surface area contributed by atoms with Crippen LogP contribution in [-0.4, -0.2) is 63.8 Å². The molecule has 2 unspecified atom stereocenters. The van der Waals surface area contributed by atoms with E-state index in [-0.39, 0.29) is 17.5 Å². The molecule has 26 heavy (non-hydrogen) atoms. The number of nitro groups is 1. The molecule has 0 radical (unpaired) electrons. The Bertz CT molecular complexity index is 739. The highest BCUT2D eigenvalue weighted by molar-refractivity contribution is 5.94. The summed E-state index contributed by atoms with van der Waals surface area (Å²) in [5, 5.41) is 19.7. The van der Waals surface area contributed by atoms with Crippen LogP contribution >= 0.6 is 0 Å². The SMILES string of the molecule is O=C(O)C1CCC1C(=O)N1CCN(C(=O)c2ccc([N+](=O)[O-])cc2)CC1. The van der Waals surface area contributed by atoms with E-state index in [1.165, 1.54) is 24.3 Å². The van der Waals surface area contributed by atoms with Crippen molar-refractivity contribution in [1.29, 1.82) is 0 Å². The molecule has 0 spiro atoms. The van der Waals surface area contributed by atoms with Gasteiger partial charge in [0.25, 0.3) is 11.6 Å². The molecule has 0 aromatic heterocycles. The molecule has 2 atom stereocenters. The number of carboxylic acids is 1. The Morgan fingerprint density at radius 3 is 1.96 bits per heavy atom. The molecule has 9 nitrogen and oxygen atoms in total. The first kappa shape index (κ1) is 17.8. The molecule has 2 amide bonds. The lowest BCUT2D eigenvalue weighted by atomic mass is 9.73. The van der Waals surface area contributed by atoms with E-state index in [4.69, 9.17) is 5.11 Å². The van der Waals surface area contributed by atoms with E-state index in [9.17, 15) is 24.5 Å². The van der Waals surface area contributed by atoms with Crippen LogP contribution in [0.1, 0.15) is 23.2 Å². The molecule has 3 rings (SSSR count). The predicted octanol–water partition coefficient (Wildman–Crippen LogP) is 0.990. The van der Waals surface area contributed by atoms with Crippen LogP contribution in [-0.2, 0) is 9.59 Å². The molecule has 138 valence electrons. The van der Waals surface area contributed by atoms with Gasteiger partial charge in [-0.1, -0.05) is 0 Å². The molecule has 1 aromatic rings. The Balaban J connectivity index is 1.56. The zero-order chi connectivity index (χ0) is 18.8. The van der Waals surface area contributed by atoms with E-state index < -0.39 is 22.7 Å². The fraction of sp³-hybridized carbons (Fsp3) is 0.471. The minimum absolute atomic E-state index is 0.0783. The highest BCUT2D eigenvalue weighted by Crippen LogP contribution is 2.36. The van der Waals surface area contributed by atoms with E-state index in [0.29, 0.717) is 44.6 Å². The van der Waals surface area contributed by atoms with Gasteiger partial charge >= 0.3 is 5.97 Å². The standard InChI is InChI=1S/C17H19N3O6/c21-15(11-1-3-12(4-2-11)20(25)26)18-7-9-19(10-8-18)16(22)13-5-6-14(13)17(23)24/h1-4,13-14H,5-10H2,(H,23,24). The highest BCUT2D eigenvalue weighted by atomic mass is 16.6. The number of nitrogens with zero attached hydrogens (tertiary/aromatic N) is 3. The van der Waals surface area contributed by atoms with Crippen molar-refractivity contribution in [2.24, 2.45) is 11.8 Å². The number of aliphatic carboxylic acids is 1. The number of nitro benzene ring substituents is 1. The van der Waals surface area contributed by atoms with Gasteiger partial charge < -0.3 is 14.9 Å². The zero-order valence-electron chi connectivity index (χ0n) is 14.0. The van der Waals surface area contributed by atoms with Crippen molar-refractivity contribution in [2.45, 2.75) is 12.8 Å². The molecule has 1 N–H and O–H groups in total. The molecular weight excluding hydrogens is 342 g/mol. The molecule has 1 saturated heterocycles. The number of carbonyl (C=O) groups is 3. The summed E-state index contributed by atoms with van der Waals surface area (Å²) < 4.78 is 0. The van der Waals surface area contributed by atoms with Crippen LogP contribution in [0.2, 0.25) is 0 Å². The molecule has 1 heterocycles. The summed E-state index contributed by atoms with van der Waals surface area (Å²) >= 11 is 0. The Morgan fingerprint density at radius 1 is 0.962 bits per heavy atom. The van der Waals surface area contributed by atoms with Gasteiger partial charge in [-0.15, -0.1) is 0 Å². The van der Waals surface area contributed by atoms with Gasteiger partial charge in [0.15, 0.2) is 0 Å². The van der Waals surface area contributed by atoms with Crippen molar-refractivity contribution in [3.63, 3.8) is 0 Å². The quantitative estimate of drug-likeness (QED) is 0.630. The molecule has 0 bridgehead atoms. The van der Waals surface area contributed by atoms with Crippen LogP contribution in [0.25, 0.3) is 0 Å². The van der Waals surface area contributed by atoms with Crippen molar-refractivity contribution in [2.75, 3.05) is 26.2 Å².